The van der Waals surface area contributed by atoms with Crippen molar-refractivity contribution in [1.29, 1.82) is 0 Å². The second-order valence-electron chi connectivity index (χ2n) is 5.46. The van der Waals surface area contributed by atoms with Crippen molar-refractivity contribution in [2.24, 2.45) is 7.05 Å². The second-order valence-corrected chi connectivity index (χ2v) is 6.75. The van der Waals surface area contributed by atoms with E-state index < -0.39 is 11.5 Å². The number of anilines is 1. The van der Waals surface area contributed by atoms with Crippen molar-refractivity contribution in [3.63, 3.8) is 0 Å². The minimum atomic E-state index is -3.79. The normalized spacial score (nSPS) is 11.3. The molecule has 0 spiro atoms. The van der Waals surface area contributed by atoms with Crippen LogP contribution in [0, 0.1) is 0 Å². The molecule has 0 radical (unpaired) electrons. The zero-order valence-electron chi connectivity index (χ0n) is 13.8. The van der Waals surface area contributed by atoms with Crippen LogP contribution in [0.25, 0.3) is 11.4 Å². The molecule has 0 bridgehead atoms. The van der Waals surface area contributed by atoms with Crippen molar-refractivity contribution >= 4 is 39.1 Å². The number of aryl methyl sites for hydroxylation is 1. The Bertz CT molecular complexity index is 974. The van der Waals surface area contributed by atoms with Crippen molar-refractivity contribution in [3.8, 4) is 17.1 Å². The second kappa shape index (κ2) is 7.61. The number of hydrogen-bond acceptors (Lipinski definition) is 4. The van der Waals surface area contributed by atoms with Gasteiger partial charge in [-0.2, -0.15) is 5.10 Å². The predicted octanol–water partition coefficient (Wildman–Crippen LogP) is 4.66. The summed E-state index contributed by atoms with van der Waals surface area (Å²) in [6.07, 6.45) is 3.22. The molecule has 1 aromatic carbocycles. The summed E-state index contributed by atoms with van der Waals surface area (Å²) in [5.74, 6) is -0.538. The van der Waals surface area contributed by atoms with Crippen LogP contribution >= 0.6 is 27.5 Å². The number of alkyl halides is 3. The van der Waals surface area contributed by atoms with E-state index in [1.165, 1.54) is 30.5 Å². The minimum absolute atomic E-state index is 0.128. The van der Waals surface area contributed by atoms with E-state index in [4.69, 9.17) is 11.6 Å². The van der Waals surface area contributed by atoms with Crippen LogP contribution in [0.1, 0.15) is 10.4 Å². The third kappa shape index (κ3) is 5.01. The molecule has 0 fully saturated rings. The molecule has 2 aromatic heterocycles. The molecule has 27 heavy (non-hydrogen) atoms. The highest BCUT2D eigenvalue weighted by atomic mass is 79.9. The Balaban J connectivity index is 1.72. The first-order valence-corrected chi connectivity index (χ1v) is 8.71. The first-order valence-electron chi connectivity index (χ1n) is 7.54. The monoisotopic (exact) mass is 456 g/mol. The fourth-order valence-corrected chi connectivity index (χ4v) is 2.88. The molecule has 1 amide bonds. The number of rotatable bonds is 5. The fourth-order valence-electron chi connectivity index (χ4n) is 2.24. The SMILES string of the molecule is Cn1ccc(-c2ncc(C(=O)Nc3ccc(OC(F)(F)Cl)cc3)cc2Br)n1. The van der Waals surface area contributed by atoms with Gasteiger partial charge in [0.05, 0.1) is 5.56 Å². The maximum absolute atomic E-state index is 12.6. The van der Waals surface area contributed by atoms with Gasteiger partial charge in [-0.1, -0.05) is 0 Å². The topological polar surface area (TPSA) is 69.0 Å². The lowest BCUT2D eigenvalue weighted by molar-refractivity contribution is -0.0964. The first kappa shape index (κ1) is 19.2. The van der Waals surface area contributed by atoms with Gasteiger partial charge < -0.3 is 10.1 Å². The number of carbonyl (C=O) groups is 1. The average molecular weight is 458 g/mol. The Morgan fingerprint density at radius 1 is 1.30 bits per heavy atom. The number of hydrogen-bond donors (Lipinski definition) is 1. The molecule has 140 valence electrons. The molecule has 0 saturated carbocycles. The smallest absolute Gasteiger partial charge is 0.420 e. The number of nitrogens with zero attached hydrogens (tertiary/aromatic N) is 3. The maximum atomic E-state index is 12.6. The van der Waals surface area contributed by atoms with Crippen LogP contribution < -0.4 is 10.1 Å². The largest absolute Gasteiger partial charge is 0.487 e. The number of nitrogens with one attached hydrogen (secondary N) is 1. The van der Waals surface area contributed by atoms with E-state index >= 15 is 0 Å². The van der Waals surface area contributed by atoms with Gasteiger partial charge in [-0.05, 0) is 52.3 Å². The highest BCUT2D eigenvalue weighted by molar-refractivity contribution is 9.10. The van der Waals surface area contributed by atoms with Crippen LogP contribution in [0.5, 0.6) is 5.75 Å². The molecule has 0 atom stereocenters. The van der Waals surface area contributed by atoms with Crippen LogP contribution in [0.4, 0.5) is 14.5 Å². The number of aromatic nitrogens is 3. The van der Waals surface area contributed by atoms with Gasteiger partial charge in [0.15, 0.2) is 0 Å². The lowest BCUT2D eigenvalue weighted by Crippen LogP contribution is -2.16. The third-order valence-electron chi connectivity index (χ3n) is 3.41. The van der Waals surface area contributed by atoms with Crippen LogP contribution in [-0.4, -0.2) is 26.2 Å². The van der Waals surface area contributed by atoms with Gasteiger partial charge in [0.2, 0.25) is 0 Å². The highest BCUT2D eigenvalue weighted by Gasteiger charge is 2.27. The van der Waals surface area contributed by atoms with Gasteiger partial charge >= 0.3 is 5.57 Å². The van der Waals surface area contributed by atoms with Gasteiger partial charge in [0.1, 0.15) is 17.1 Å². The molecule has 6 nitrogen and oxygen atoms in total. The molecule has 10 heteroatoms. The van der Waals surface area contributed by atoms with Crippen LogP contribution in [0.3, 0.4) is 0 Å². The van der Waals surface area contributed by atoms with Gasteiger partial charge in [-0.25, -0.2) is 0 Å². The lowest BCUT2D eigenvalue weighted by atomic mass is 10.2. The quantitative estimate of drug-likeness (QED) is 0.566. The molecule has 2 heterocycles. The van der Waals surface area contributed by atoms with Crippen molar-refractivity contribution in [2.75, 3.05) is 5.32 Å². The summed E-state index contributed by atoms with van der Waals surface area (Å²) >= 11 is 8.09. The van der Waals surface area contributed by atoms with E-state index in [9.17, 15) is 13.6 Å². The molecule has 0 saturated heterocycles. The highest BCUT2D eigenvalue weighted by Crippen LogP contribution is 2.27. The summed E-state index contributed by atoms with van der Waals surface area (Å²) in [7, 11) is 1.80. The number of ether oxygens (including phenoxy) is 1. The summed E-state index contributed by atoms with van der Waals surface area (Å²) in [5.41, 5.74) is -1.80. The predicted molar refractivity (Wildman–Crippen MR) is 100.0 cm³/mol. The molecule has 0 aliphatic carbocycles. The standard InChI is InChI=1S/C17H12BrClF2N4O2/c1-25-7-6-14(24-25)15-13(18)8-10(9-22-15)16(26)23-11-2-4-12(5-3-11)27-17(19,20)21/h2-9H,1H3,(H,23,26). The number of halogens is 4. The molecule has 0 aliphatic heterocycles. The number of benzene rings is 1. The van der Waals surface area contributed by atoms with E-state index in [1.807, 2.05) is 0 Å². The lowest BCUT2D eigenvalue weighted by Gasteiger charge is -2.11. The van der Waals surface area contributed by atoms with Crippen LogP contribution in [-0.2, 0) is 7.05 Å². The molecule has 3 aromatic rings. The van der Waals surface area contributed by atoms with Crippen molar-refractivity contribution in [2.45, 2.75) is 5.57 Å². The molecule has 0 unspecified atom stereocenters. The zero-order chi connectivity index (χ0) is 19.6. The Morgan fingerprint density at radius 2 is 2.00 bits per heavy atom. The van der Waals surface area contributed by atoms with Gasteiger partial charge in [-0.15, -0.1) is 8.78 Å². The van der Waals surface area contributed by atoms with E-state index in [0.717, 1.165) is 0 Å². The van der Waals surface area contributed by atoms with Gasteiger partial charge in [0.25, 0.3) is 5.91 Å². The van der Waals surface area contributed by atoms with Crippen molar-refractivity contribution in [3.05, 3.63) is 58.8 Å². The number of carbonyl (C=O) groups excluding carboxylic acids is 1. The Labute approximate surface area is 166 Å². The summed E-state index contributed by atoms with van der Waals surface area (Å²) in [4.78, 5) is 16.6. The van der Waals surface area contributed by atoms with E-state index in [2.05, 4.69) is 36.1 Å². The molecular formula is C17H12BrClF2N4O2. The van der Waals surface area contributed by atoms with Crippen molar-refractivity contribution < 1.29 is 18.3 Å². The van der Waals surface area contributed by atoms with E-state index in [0.29, 0.717) is 27.1 Å². The molecule has 1 N–H and O–H groups in total. The summed E-state index contributed by atoms with van der Waals surface area (Å²) in [6, 6.07) is 8.80. The molecule has 3 rings (SSSR count). The number of amides is 1. The van der Waals surface area contributed by atoms with Crippen molar-refractivity contribution in [1.82, 2.24) is 14.8 Å². The van der Waals surface area contributed by atoms with Crippen LogP contribution in [0.2, 0.25) is 0 Å². The Morgan fingerprint density at radius 3 is 2.56 bits per heavy atom. The van der Waals surface area contributed by atoms with Crippen LogP contribution in [0.15, 0.2) is 53.3 Å². The Kier molecular flexibility index (Phi) is 5.43. The van der Waals surface area contributed by atoms with E-state index in [1.54, 1.807) is 30.1 Å². The summed E-state index contributed by atoms with van der Waals surface area (Å²) in [6.45, 7) is 0. The Hall–Kier alpha value is -2.52. The summed E-state index contributed by atoms with van der Waals surface area (Å²) in [5, 5.41) is 6.91. The zero-order valence-corrected chi connectivity index (χ0v) is 16.1. The summed E-state index contributed by atoms with van der Waals surface area (Å²) < 4.78 is 31.7. The van der Waals surface area contributed by atoms with Gasteiger partial charge in [0, 0.05) is 41.2 Å². The molecule has 0 aliphatic rings. The van der Waals surface area contributed by atoms with E-state index in [-0.39, 0.29) is 5.75 Å². The first-order chi connectivity index (χ1) is 12.7. The molecular weight excluding hydrogens is 446 g/mol. The number of pyridine rings is 1. The third-order valence-corrected chi connectivity index (χ3v) is 4.09. The maximum Gasteiger partial charge on any atom is 0.487 e. The van der Waals surface area contributed by atoms with Gasteiger partial charge in [-0.3, -0.25) is 14.5 Å². The average Bonchev–Trinajstić information content (AvgIpc) is 3.01. The fraction of sp³-hybridized carbons (Fsp3) is 0.118. The minimum Gasteiger partial charge on any atom is -0.420 e.